The Kier molecular flexibility index (Phi) is 4.84. The van der Waals surface area contributed by atoms with E-state index >= 15 is 0 Å². The van der Waals surface area contributed by atoms with Gasteiger partial charge in [-0.2, -0.15) is 0 Å². The van der Waals surface area contributed by atoms with Gasteiger partial charge in [-0.3, -0.25) is 4.90 Å². The summed E-state index contributed by atoms with van der Waals surface area (Å²) in [5.74, 6) is 1.54. The van der Waals surface area contributed by atoms with Gasteiger partial charge >= 0.3 is 0 Å². The Labute approximate surface area is 129 Å². The third-order valence-electron chi connectivity index (χ3n) is 5.04. The van der Waals surface area contributed by atoms with Crippen LogP contribution in [0.1, 0.15) is 45.1 Å². The van der Waals surface area contributed by atoms with E-state index in [1.54, 1.807) is 0 Å². The second-order valence-corrected chi connectivity index (χ2v) is 7.39. The van der Waals surface area contributed by atoms with Crippen molar-refractivity contribution in [3.8, 4) is 0 Å². The van der Waals surface area contributed by atoms with Crippen LogP contribution in [-0.2, 0) is 6.42 Å². The summed E-state index contributed by atoms with van der Waals surface area (Å²) in [6.07, 6.45) is 6.95. The van der Waals surface area contributed by atoms with Crippen molar-refractivity contribution >= 4 is 5.69 Å². The van der Waals surface area contributed by atoms with Crippen LogP contribution < -0.4 is 5.32 Å². The molecule has 0 aromatic heterocycles. The van der Waals surface area contributed by atoms with E-state index in [9.17, 15) is 0 Å². The molecule has 3 rings (SSSR count). The normalized spacial score (nSPS) is 22.6. The van der Waals surface area contributed by atoms with Gasteiger partial charge in [-0.05, 0) is 42.7 Å². The molecule has 2 heteroatoms. The highest BCUT2D eigenvalue weighted by Crippen LogP contribution is 2.28. The molecule has 0 spiro atoms. The van der Waals surface area contributed by atoms with Gasteiger partial charge < -0.3 is 5.32 Å². The van der Waals surface area contributed by atoms with E-state index in [0.29, 0.717) is 0 Å². The molecule has 2 nitrogen and oxygen atoms in total. The lowest BCUT2D eigenvalue weighted by atomic mass is 9.92. The lowest BCUT2D eigenvalue weighted by Crippen LogP contribution is -2.42. The molecule has 1 aliphatic carbocycles. The molecule has 1 aromatic rings. The first kappa shape index (κ1) is 14.9. The summed E-state index contributed by atoms with van der Waals surface area (Å²) >= 11 is 0. The molecule has 2 aliphatic rings. The van der Waals surface area contributed by atoms with Gasteiger partial charge in [0.25, 0.3) is 0 Å². The number of nitrogens with zero attached hydrogens (tertiary/aromatic N) is 1. The Bertz CT molecular complexity index is 449. The van der Waals surface area contributed by atoms with Gasteiger partial charge in [-0.1, -0.05) is 44.9 Å². The van der Waals surface area contributed by atoms with Crippen molar-refractivity contribution in [1.82, 2.24) is 4.90 Å². The molecule has 21 heavy (non-hydrogen) atoms. The van der Waals surface area contributed by atoms with Gasteiger partial charge in [0.2, 0.25) is 0 Å². The first-order valence-corrected chi connectivity index (χ1v) is 8.78. The van der Waals surface area contributed by atoms with E-state index in [4.69, 9.17) is 0 Å². The molecule has 1 saturated carbocycles. The SMILES string of the molecule is CC(C)CN(CC1CNc2ccccc2C1)C1CCCC1. The topological polar surface area (TPSA) is 15.3 Å². The quantitative estimate of drug-likeness (QED) is 0.874. The summed E-state index contributed by atoms with van der Waals surface area (Å²) in [4.78, 5) is 2.80. The molecule has 1 fully saturated rings. The smallest absolute Gasteiger partial charge is 0.0372 e. The van der Waals surface area contributed by atoms with Crippen LogP contribution in [0.4, 0.5) is 5.69 Å². The minimum absolute atomic E-state index is 0.763. The van der Waals surface area contributed by atoms with E-state index < -0.39 is 0 Å². The van der Waals surface area contributed by atoms with E-state index in [0.717, 1.165) is 24.4 Å². The minimum atomic E-state index is 0.763. The van der Waals surface area contributed by atoms with Crippen molar-refractivity contribution in [3.63, 3.8) is 0 Å². The summed E-state index contributed by atoms with van der Waals surface area (Å²) in [5, 5.41) is 3.64. The van der Waals surface area contributed by atoms with E-state index in [1.165, 1.54) is 56.4 Å². The van der Waals surface area contributed by atoms with Gasteiger partial charge in [-0.15, -0.1) is 0 Å². The van der Waals surface area contributed by atoms with Crippen molar-refractivity contribution < 1.29 is 0 Å². The van der Waals surface area contributed by atoms with E-state index in [2.05, 4.69) is 48.3 Å². The molecule has 1 heterocycles. The number of hydrogen-bond donors (Lipinski definition) is 1. The Balaban J connectivity index is 1.63. The van der Waals surface area contributed by atoms with Crippen molar-refractivity contribution in [1.29, 1.82) is 0 Å². The average molecular weight is 286 g/mol. The molecule has 1 atom stereocenters. The van der Waals surface area contributed by atoms with Crippen LogP contribution in [0.2, 0.25) is 0 Å². The van der Waals surface area contributed by atoms with Crippen molar-refractivity contribution in [2.75, 3.05) is 25.0 Å². The monoisotopic (exact) mass is 286 g/mol. The van der Waals surface area contributed by atoms with E-state index in [1.807, 2.05) is 0 Å². The summed E-state index contributed by atoms with van der Waals surface area (Å²) in [6.45, 7) is 8.39. The second kappa shape index (κ2) is 6.83. The van der Waals surface area contributed by atoms with Crippen LogP contribution in [0.5, 0.6) is 0 Å². The Morgan fingerprint density at radius 1 is 1.19 bits per heavy atom. The highest BCUT2D eigenvalue weighted by molar-refractivity contribution is 5.53. The van der Waals surface area contributed by atoms with Crippen LogP contribution in [0.15, 0.2) is 24.3 Å². The standard InChI is InChI=1S/C19H30N2/c1-15(2)13-21(18-8-4-5-9-18)14-16-11-17-7-3-6-10-19(17)20-12-16/h3,6-7,10,15-16,18,20H,4-5,8-9,11-14H2,1-2H3. The molecule has 1 aromatic carbocycles. The molecule has 0 saturated heterocycles. The zero-order valence-corrected chi connectivity index (χ0v) is 13.6. The van der Waals surface area contributed by atoms with Crippen molar-refractivity contribution in [2.24, 2.45) is 11.8 Å². The van der Waals surface area contributed by atoms with Crippen LogP contribution in [-0.4, -0.2) is 30.6 Å². The molecule has 1 N–H and O–H groups in total. The molecule has 1 aliphatic heterocycles. The van der Waals surface area contributed by atoms with Gasteiger partial charge in [0.15, 0.2) is 0 Å². The predicted molar refractivity (Wildman–Crippen MR) is 90.8 cm³/mol. The largest absolute Gasteiger partial charge is 0.384 e. The fourth-order valence-corrected chi connectivity index (χ4v) is 4.08. The maximum Gasteiger partial charge on any atom is 0.0372 e. The number of benzene rings is 1. The zero-order valence-electron chi connectivity index (χ0n) is 13.6. The summed E-state index contributed by atoms with van der Waals surface area (Å²) in [6, 6.07) is 9.66. The van der Waals surface area contributed by atoms with Crippen LogP contribution >= 0.6 is 0 Å². The molecule has 1 unspecified atom stereocenters. The Hall–Kier alpha value is -1.02. The highest BCUT2D eigenvalue weighted by Gasteiger charge is 2.27. The third kappa shape index (κ3) is 3.79. The van der Waals surface area contributed by atoms with Gasteiger partial charge in [0, 0.05) is 31.4 Å². The summed E-state index contributed by atoms with van der Waals surface area (Å²) in [7, 11) is 0. The van der Waals surface area contributed by atoms with Crippen LogP contribution in [0, 0.1) is 11.8 Å². The maximum absolute atomic E-state index is 3.64. The van der Waals surface area contributed by atoms with E-state index in [-0.39, 0.29) is 0 Å². The van der Waals surface area contributed by atoms with Crippen molar-refractivity contribution in [2.45, 2.75) is 52.0 Å². The number of hydrogen-bond acceptors (Lipinski definition) is 2. The lowest BCUT2D eigenvalue weighted by Gasteiger charge is -2.36. The number of nitrogens with one attached hydrogen (secondary N) is 1. The molecule has 0 amide bonds. The molecular weight excluding hydrogens is 256 g/mol. The van der Waals surface area contributed by atoms with Gasteiger partial charge in [0.1, 0.15) is 0 Å². The number of anilines is 1. The zero-order chi connectivity index (χ0) is 14.7. The third-order valence-corrected chi connectivity index (χ3v) is 5.04. The molecule has 0 bridgehead atoms. The first-order valence-electron chi connectivity index (χ1n) is 8.78. The fraction of sp³-hybridized carbons (Fsp3) is 0.684. The average Bonchev–Trinajstić information content (AvgIpc) is 3.00. The minimum Gasteiger partial charge on any atom is -0.384 e. The van der Waals surface area contributed by atoms with Crippen molar-refractivity contribution in [3.05, 3.63) is 29.8 Å². The molecule has 116 valence electrons. The summed E-state index contributed by atoms with van der Waals surface area (Å²) < 4.78 is 0. The number of fused-ring (bicyclic) bond motifs is 1. The summed E-state index contributed by atoms with van der Waals surface area (Å²) in [5.41, 5.74) is 2.86. The Morgan fingerprint density at radius 2 is 1.95 bits per heavy atom. The van der Waals surface area contributed by atoms with Crippen LogP contribution in [0.25, 0.3) is 0 Å². The molecule has 0 radical (unpaired) electrons. The van der Waals surface area contributed by atoms with Gasteiger partial charge in [-0.25, -0.2) is 0 Å². The number of rotatable bonds is 5. The molecular formula is C19H30N2. The first-order chi connectivity index (χ1) is 10.2. The maximum atomic E-state index is 3.64. The fourth-order valence-electron chi connectivity index (χ4n) is 4.08. The Morgan fingerprint density at radius 3 is 2.71 bits per heavy atom. The van der Waals surface area contributed by atoms with Crippen LogP contribution in [0.3, 0.4) is 0 Å². The lowest BCUT2D eigenvalue weighted by molar-refractivity contribution is 0.151. The van der Waals surface area contributed by atoms with Gasteiger partial charge in [0.05, 0.1) is 0 Å². The second-order valence-electron chi connectivity index (χ2n) is 7.39. The predicted octanol–water partition coefficient (Wildman–Crippen LogP) is 4.17. The highest BCUT2D eigenvalue weighted by atomic mass is 15.2. The number of para-hydroxylation sites is 1.